The van der Waals surface area contributed by atoms with Crippen LogP contribution in [-0.4, -0.2) is 29.1 Å². The zero-order chi connectivity index (χ0) is 16.4. The molecule has 23 heavy (non-hydrogen) atoms. The minimum absolute atomic E-state index is 0.241. The van der Waals surface area contributed by atoms with E-state index >= 15 is 0 Å². The Kier molecular flexibility index (Phi) is 4.38. The molecular weight excluding hydrogens is 384 g/mol. The molecule has 120 valence electrons. The van der Waals surface area contributed by atoms with Gasteiger partial charge in [0.2, 0.25) is 0 Å². The van der Waals surface area contributed by atoms with E-state index < -0.39 is 10.1 Å². The van der Waals surface area contributed by atoms with Crippen LogP contribution < -0.4 is 4.74 Å². The molecule has 8 heteroatoms. The summed E-state index contributed by atoms with van der Waals surface area (Å²) in [5, 5.41) is -0.377. The Bertz CT molecular complexity index is 936. The van der Waals surface area contributed by atoms with E-state index in [9.17, 15) is 13.0 Å². The largest absolute Gasteiger partial charge is 0.492 e. The molecule has 1 heterocycles. The number of rotatable bonds is 5. The van der Waals surface area contributed by atoms with Crippen LogP contribution in [0.3, 0.4) is 0 Å². The lowest BCUT2D eigenvalue weighted by Gasteiger charge is -2.09. The number of ether oxygens (including phenoxy) is 1. The molecule has 0 amide bonds. The summed E-state index contributed by atoms with van der Waals surface area (Å²) in [7, 11) is -4.41. The first-order chi connectivity index (χ1) is 10.9. The summed E-state index contributed by atoms with van der Waals surface area (Å²) in [6, 6.07) is 14.3. The van der Waals surface area contributed by atoms with Crippen LogP contribution in [0.2, 0.25) is 0 Å². The van der Waals surface area contributed by atoms with Crippen molar-refractivity contribution in [2.45, 2.75) is 11.7 Å². The third kappa shape index (κ3) is 3.54. The maximum Gasteiger partial charge on any atom is 0.328 e. The average Bonchev–Trinajstić information content (AvgIpc) is 2.89. The Labute approximate surface area is 141 Å². The molecule has 2 aromatic carbocycles. The molecule has 0 aliphatic heterocycles. The van der Waals surface area contributed by atoms with Crippen molar-refractivity contribution in [2.24, 2.45) is 0 Å². The van der Waals surface area contributed by atoms with Crippen LogP contribution >= 0.6 is 15.9 Å². The number of aromatic nitrogens is 2. The quantitative estimate of drug-likeness (QED) is 0.669. The molecule has 1 N–H and O–H groups in total. The number of hydrogen-bond acceptors (Lipinski definition) is 4. The van der Waals surface area contributed by atoms with Gasteiger partial charge < -0.3 is 9.30 Å². The van der Waals surface area contributed by atoms with Gasteiger partial charge in [0.05, 0.1) is 17.6 Å². The van der Waals surface area contributed by atoms with E-state index in [1.165, 1.54) is 4.57 Å². The van der Waals surface area contributed by atoms with Gasteiger partial charge in [-0.25, -0.2) is 4.98 Å². The Morgan fingerprint density at radius 1 is 1.13 bits per heavy atom. The standard InChI is InChI=1S/C15H13BrN2O4S/c16-11-5-7-12(8-6-11)22-10-9-18-14-4-2-1-3-13(14)17-15(18)23(19,20)21/h1-8H,9-10H2,(H,19,20,21). The van der Waals surface area contributed by atoms with Gasteiger partial charge in [0.1, 0.15) is 12.4 Å². The molecule has 0 spiro atoms. The second kappa shape index (κ2) is 6.31. The highest BCUT2D eigenvalue weighted by Gasteiger charge is 2.21. The van der Waals surface area contributed by atoms with Gasteiger partial charge in [0.15, 0.2) is 0 Å². The summed E-state index contributed by atoms with van der Waals surface area (Å²) in [6.45, 7) is 0.482. The second-order valence-corrected chi connectivity index (χ2v) is 7.04. The van der Waals surface area contributed by atoms with E-state index in [4.69, 9.17) is 4.74 Å². The van der Waals surface area contributed by atoms with E-state index in [-0.39, 0.29) is 18.3 Å². The summed E-state index contributed by atoms with van der Waals surface area (Å²) in [6.07, 6.45) is 0. The van der Waals surface area contributed by atoms with Crippen LogP contribution in [0.1, 0.15) is 0 Å². The molecule has 0 unspecified atom stereocenters. The number of benzene rings is 2. The van der Waals surface area contributed by atoms with Crippen molar-refractivity contribution in [3.05, 3.63) is 53.0 Å². The first-order valence-corrected chi connectivity index (χ1v) is 8.99. The number of nitrogens with zero attached hydrogens (tertiary/aromatic N) is 2. The number of para-hydroxylation sites is 2. The van der Waals surface area contributed by atoms with Crippen LogP contribution in [0, 0.1) is 0 Å². The molecule has 0 radical (unpaired) electrons. The third-order valence-corrected chi connectivity index (χ3v) is 4.55. The predicted octanol–water partition coefficient (Wildman–Crippen LogP) is 3.12. The molecular formula is C15H13BrN2O4S. The number of halogens is 1. The second-order valence-electron chi connectivity index (χ2n) is 4.81. The Balaban J connectivity index is 1.85. The van der Waals surface area contributed by atoms with Gasteiger partial charge in [-0.2, -0.15) is 8.42 Å². The number of imidazole rings is 1. The summed E-state index contributed by atoms with van der Waals surface area (Å²) >= 11 is 3.34. The molecule has 3 aromatic rings. The Morgan fingerprint density at radius 2 is 1.83 bits per heavy atom. The fourth-order valence-corrected chi connectivity index (χ4v) is 3.20. The van der Waals surface area contributed by atoms with Crippen LogP contribution in [-0.2, 0) is 16.7 Å². The van der Waals surface area contributed by atoms with Gasteiger partial charge >= 0.3 is 10.1 Å². The lowest BCUT2D eigenvalue weighted by atomic mass is 10.3. The zero-order valence-corrected chi connectivity index (χ0v) is 14.3. The third-order valence-electron chi connectivity index (χ3n) is 3.25. The van der Waals surface area contributed by atoms with E-state index in [2.05, 4.69) is 20.9 Å². The van der Waals surface area contributed by atoms with Crippen LogP contribution in [0.4, 0.5) is 0 Å². The topological polar surface area (TPSA) is 81.4 Å². The summed E-state index contributed by atoms with van der Waals surface area (Å²) in [4.78, 5) is 3.98. The van der Waals surface area contributed by atoms with Crippen LogP contribution in [0.15, 0.2) is 58.2 Å². The maximum atomic E-state index is 11.5. The van der Waals surface area contributed by atoms with Crippen molar-refractivity contribution in [1.29, 1.82) is 0 Å². The summed E-state index contributed by atoms with van der Waals surface area (Å²) in [5.74, 6) is 0.672. The first-order valence-electron chi connectivity index (χ1n) is 6.76. The van der Waals surface area contributed by atoms with Gasteiger partial charge in [-0.05, 0) is 36.4 Å². The van der Waals surface area contributed by atoms with Gasteiger partial charge in [-0.15, -0.1) is 0 Å². The molecule has 0 bridgehead atoms. The van der Waals surface area contributed by atoms with Gasteiger partial charge in [0.25, 0.3) is 5.16 Å². The molecule has 0 atom stereocenters. The molecule has 0 aliphatic carbocycles. The lowest BCUT2D eigenvalue weighted by molar-refractivity contribution is 0.294. The summed E-state index contributed by atoms with van der Waals surface area (Å²) < 4.78 is 40.4. The number of fused-ring (bicyclic) bond motifs is 1. The lowest BCUT2D eigenvalue weighted by Crippen LogP contribution is -2.14. The molecule has 1 aromatic heterocycles. The van der Waals surface area contributed by atoms with E-state index in [1.54, 1.807) is 36.4 Å². The molecule has 6 nitrogen and oxygen atoms in total. The highest BCUT2D eigenvalue weighted by Crippen LogP contribution is 2.20. The minimum atomic E-state index is -4.41. The van der Waals surface area contributed by atoms with Gasteiger partial charge in [-0.3, -0.25) is 4.55 Å². The fraction of sp³-hybridized carbons (Fsp3) is 0.133. The SMILES string of the molecule is O=S(=O)(O)c1nc2ccccc2n1CCOc1ccc(Br)cc1. The van der Waals surface area contributed by atoms with Crippen molar-refractivity contribution in [3.63, 3.8) is 0 Å². The van der Waals surface area contributed by atoms with E-state index in [0.717, 1.165) is 4.47 Å². The fourth-order valence-electron chi connectivity index (χ4n) is 2.25. The molecule has 0 fully saturated rings. The van der Waals surface area contributed by atoms with Crippen molar-refractivity contribution in [1.82, 2.24) is 9.55 Å². The summed E-state index contributed by atoms with van der Waals surface area (Å²) in [5.41, 5.74) is 1.13. The van der Waals surface area contributed by atoms with Crippen molar-refractivity contribution < 1.29 is 17.7 Å². The Hall–Kier alpha value is -1.90. The predicted molar refractivity (Wildman–Crippen MR) is 89.2 cm³/mol. The van der Waals surface area contributed by atoms with Gasteiger partial charge in [0, 0.05) is 4.47 Å². The first kappa shape index (κ1) is 16.0. The number of hydrogen-bond donors (Lipinski definition) is 1. The highest BCUT2D eigenvalue weighted by molar-refractivity contribution is 9.10. The van der Waals surface area contributed by atoms with Gasteiger partial charge in [-0.1, -0.05) is 28.1 Å². The van der Waals surface area contributed by atoms with Crippen LogP contribution in [0.25, 0.3) is 11.0 Å². The average molecular weight is 397 g/mol. The monoisotopic (exact) mass is 396 g/mol. The maximum absolute atomic E-state index is 11.5. The van der Waals surface area contributed by atoms with Crippen molar-refractivity contribution in [2.75, 3.05) is 6.61 Å². The van der Waals surface area contributed by atoms with Crippen LogP contribution in [0.5, 0.6) is 5.75 Å². The van der Waals surface area contributed by atoms with E-state index in [1.807, 2.05) is 12.1 Å². The highest BCUT2D eigenvalue weighted by atomic mass is 79.9. The Morgan fingerprint density at radius 3 is 2.52 bits per heavy atom. The zero-order valence-electron chi connectivity index (χ0n) is 11.9. The molecule has 0 aliphatic rings. The van der Waals surface area contributed by atoms with E-state index in [0.29, 0.717) is 16.8 Å². The normalized spacial score (nSPS) is 11.7. The smallest absolute Gasteiger partial charge is 0.328 e. The molecule has 0 saturated carbocycles. The van der Waals surface area contributed by atoms with Crippen molar-refractivity contribution >= 4 is 37.1 Å². The van der Waals surface area contributed by atoms with Crippen molar-refractivity contribution in [3.8, 4) is 5.75 Å². The minimum Gasteiger partial charge on any atom is -0.492 e. The molecule has 0 saturated heterocycles. The molecule has 3 rings (SSSR count).